The highest BCUT2D eigenvalue weighted by molar-refractivity contribution is 9.10. The SMILES string of the molecule is O=c1c2ccccc2oc2cccc(-c3ccc(Br)cc3)c12. The summed E-state index contributed by atoms with van der Waals surface area (Å²) in [6.45, 7) is 0. The zero-order valence-corrected chi connectivity index (χ0v) is 13.1. The van der Waals surface area contributed by atoms with Crippen LogP contribution in [-0.2, 0) is 0 Å². The van der Waals surface area contributed by atoms with Gasteiger partial charge in [-0.1, -0.05) is 52.3 Å². The summed E-state index contributed by atoms with van der Waals surface area (Å²) in [7, 11) is 0. The lowest BCUT2D eigenvalue weighted by Gasteiger charge is -2.07. The first-order valence-electron chi connectivity index (χ1n) is 6.94. The molecule has 1 aromatic heterocycles. The van der Waals surface area contributed by atoms with E-state index < -0.39 is 0 Å². The van der Waals surface area contributed by atoms with Crippen molar-refractivity contribution >= 4 is 37.9 Å². The number of hydrogen-bond acceptors (Lipinski definition) is 2. The van der Waals surface area contributed by atoms with Crippen molar-refractivity contribution < 1.29 is 4.42 Å². The highest BCUT2D eigenvalue weighted by Gasteiger charge is 2.12. The first-order chi connectivity index (χ1) is 10.7. The van der Waals surface area contributed by atoms with Gasteiger partial charge in [-0.3, -0.25) is 4.79 Å². The van der Waals surface area contributed by atoms with Crippen molar-refractivity contribution in [2.75, 3.05) is 0 Å². The van der Waals surface area contributed by atoms with Crippen molar-refractivity contribution in [3.05, 3.63) is 81.4 Å². The number of benzene rings is 3. The van der Waals surface area contributed by atoms with Gasteiger partial charge in [-0.25, -0.2) is 0 Å². The molecule has 22 heavy (non-hydrogen) atoms. The van der Waals surface area contributed by atoms with E-state index in [1.54, 1.807) is 6.07 Å². The maximum atomic E-state index is 12.9. The molecule has 0 aliphatic rings. The van der Waals surface area contributed by atoms with E-state index in [4.69, 9.17) is 4.42 Å². The molecule has 0 saturated carbocycles. The Morgan fingerprint density at radius 1 is 0.773 bits per heavy atom. The van der Waals surface area contributed by atoms with Gasteiger partial charge in [-0.15, -0.1) is 0 Å². The predicted molar refractivity (Wildman–Crippen MR) is 93.1 cm³/mol. The number of hydrogen-bond donors (Lipinski definition) is 0. The third-order valence-electron chi connectivity index (χ3n) is 3.76. The Bertz CT molecular complexity index is 1050. The first kappa shape index (κ1) is 13.3. The van der Waals surface area contributed by atoms with Crippen molar-refractivity contribution in [1.82, 2.24) is 0 Å². The molecule has 1 heterocycles. The molecule has 0 atom stereocenters. The average molecular weight is 351 g/mol. The zero-order valence-electron chi connectivity index (χ0n) is 11.5. The summed E-state index contributed by atoms with van der Waals surface area (Å²) < 4.78 is 6.91. The molecule has 0 aliphatic carbocycles. The molecule has 0 spiro atoms. The van der Waals surface area contributed by atoms with E-state index in [1.165, 1.54) is 0 Å². The molecular formula is C19H11BrO2. The van der Waals surface area contributed by atoms with Crippen LogP contribution >= 0.6 is 15.9 Å². The Kier molecular flexibility index (Phi) is 3.09. The molecule has 4 aromatic rings. The molecule has 0 fully saturated rings. The molecule has 0 bridgehead atoms. The molecular weight excluding hydrogens is 340 g/mol. The summed E-state index contributed by atoms with van der Waals surface area (Å²) in [6, 6.07) is 21.0. The Labute approximate surface area is 135 Å². The van der Waals surface area contributed by atoms with Crippen LogP contribution in [0.4, 0.5) is 0 Å². The van der Waals surface area contributed by atoms with Crippen LogP contribution in [0.1, 0.15) is 0 Å². The van der Waals surface area contributed by atoms with Gasteiger partial charge in [-0.2, -0.15) is 0 Å². The standard InChI is InChI=1S/C19H11BrO2/c20-13-10-8-12(9-11-13)14-5-3-7-17-18(14)19(21)15-4-1-2-6-16(15)22-17/h1-11H. The fourth-order valence-corrected chi connectivity index (χ4v) is 2.98. The number of halogens is 1. The minimum atomic E-state index is 0.00960. The van der Waals surface area contributed by atoms with Gasteiger partial charge in [0.25, 0.3) is 0 Å². The summed E-state index contributed by atoms with van der Waals surface area (Å²) in [5.74, 6) is 0. The molecule has 3 heteroatoms. The van der Waals surface area contributed by atoms with Crippen LogP contribution in [-0.4, -0.2) is 0 Å². The van der Waals surface area contributed by atoms with Crippen LogP contribution in [0.25, 0.3) is 33.1 Å². The van der Waals surface area contributed by atoms with Crippen molar-refractivity contribution in [2.24, 2.45) is 0 Å². The summed E-state index contributed by atoms with van der Waals surface area (Å²) in [5.41, 5.74) is 3.13. The normalized spacial score (nSPS) is 11.1. The van der Waals surface area contributed by atoms with Crippen molar-refractivity contribution in [3.63, 3.8) is 0 Å². The highest BCUT2D eigenvalue weighted by Crippen LogP contribution is 2.29. The molecule has 0 amide bonds. The highest BCUT2D eigenvalue weighted by atomic mass is 79.9. The van der Waals surface area contributed by atoms with Crippen LogP contribution in [0, 0.1) is 0 Å². The van der Waals surface area contributed by atoms with E-state index in [-0.39, 0.29) is 5.43 Å². The van der Waals surface area contributed by atoms with Crippen LogP contribution in [0.15, 0.2) is 80.4 Å². The van der Waals surface area contributed by atoms with Crippen LogP contribution < -0.4 is 5.43 Å². The van der Waals surface area contributed by atoms with Gasteiger partial charge in [0.05, 0.1) is 10.8 Å². The zero-order chi connectivity index (χ0) is 15.1. The fraction of sp³-hybridized carbons (Fsp3) is 0. The third-order valence-corrected chi connectivity index (χ3v) is 4.29. The van der Waals surface area contributed by atoms with E-state index in [1.807, 2.05) is 60.7 Å². The lowest BCUT2D eigenvalue weighted by Crippen LogP contribution is -2.03. The topological polar surface area (TPSA) is 30.2 Å². The Morgan fingerprint density at radius 2 is 1.50 bits per heavy atom. The van der Waals surface area contributed by atoms with Crippen molar-refractivity contribution in [3.8, 4) is 11.1 Å². The van der Waals surface area contributed by atoms with E-state index >= 15 is 0 Å². The molecule has 0 N–H and O–H groups in total. The maximum Gasteiger partial charge on any atom is 0.201 e. The van der Waals surface area contributed by atoms with Crippen LogP contribution in [0.5, 0.6) is 0 Å². The number of para-hydroxylation sites is 1. The van der Waals surface area contributed by atoms with Crippen molar-refractivity contribution in [2.45, 2.75) is 0 Å². The van der Waals surface area contributed by atoms with E-state index in [0.717, 1.165) is 15.6 Å². The lowest BCUT2D eigenvalue weighted by molar-refractivity contribution is 0.660. The second-order valence-electron chi connectivity index (χ2n) is 5.11. The van der Waals surface area contributed by atoms with Gasteiger partial charge >= 0.3 is 0 Å². The minimum Gasteiger partial charge on any atom is -0.456 e. The van der Waals surface area contributed by atoms with Gasteiger partial charge < -0.3 is 4.42 Å². The van der Waals surface area contributed by atoms with E-state index in [9.17, 15) is 4.79 Å². The van der Waals surface area contributed by atoms with Gasteiger partial charge in [0.2, 0.25) is 5.43 Å². The molecule has 0 radical (unpaired) electrons. The van der Waals surface area contributed by atoms with Crippen LogP contribution in [0.2, 0.25) is 0 Å². The largest absolute Gasteiger partial charge is 0.456 e. The lowest BCUT2D eigenvalue weighted by atomic mass is 10.00. The number of fused-ring (bicyclic) bond motifs is 2. The summed E-state index contributed by atoms with van der Waals surface area (Å²) in [6.07, 6.45) is 0. The Morgan fingerprint density at radius 3 is 2.32 bits per heavy atom. The van der Waals surface area contributed by atoms with E-state index in [0.29, 0.717) is 21.9 Å². The third kappa shape index (κ3) is 2.06. The fourth-order valence-electron chi connectivity index (χ4n) is 2.72. The summed E-state index contributed by atoms with van der Waals surface area (Å²) in [5, 5.41) is 1.24. The number of rotatable bonds is 1. The van der Waals surface area contributed by atoms with Crippen LogP contribution in [0.3, 0.4) is 0 Å². The van der Waals surface area contributed by atoms with E-state index in [2.05, 4.69) is 15.9 Å². The van der Waals surface area contributed by atoms with Crippen molar-refractivity contribution in [1.29, 1.82) is 0 Å². The second kappa shape index (κ2) is 5.11. The molecule has 0 saturated heterocycles. The first-order valence-corrected chi connectivity index (χ1v) is 7.74. The molecule has 3 aromatic carbocycles. The van der Waals surface area contributed by atoms with Gasteiger partial charge in [-0.05, 0) is 41.5 Å². The van der Waals surface area contributed by atoms with Gasteiger partial charge in [0.15, 0.2) is 0 Å². The molecule has 0 aliphatic heterocycles. The Hall–Kier alpha value is -2.39. The summed E-state index contributed by atoms with van der Waals surface area (Å²) in [4.78, 5) is 12.9. The predicted octanol–water partition coefficient (Wildman–Crippen LogP) is 5.38. The molecule has 106 valence electrons. The maximum absolute atomic E-state index is 12.9. The smallest absolute Gasteiger partial charge is 0.201 e. The van der Waals surface area contributed by atoms with Gasteiger partial charge in [0.1, 0.15) is 11.2 Å². The minimum absolute atomic E-state index is 0.00960. The molecule has 0 unspecified atom stereocenters. The molecule has 2 nitrogen and oxygen atoms in total. The van der Waals surface area contributed by atoms with Gasteiger partial charge in [0, 0.05) is 4.47 Å². The monoisotopic (exact) mass is 350 g/mol. The second-order valence-corrected chi connectivity index (χ2v) is 6.03. The molecule has 4 rings (SSSR count). The average Bonchev–Trinajstić information content (AvgIpc) is 2.55. The quantitative estimate of drug-likeness (QED) is 0.431. The summed E-state index contributed by atoms with van der Waals surface area (Å²) >= 11 is 3.43. The Balaban J connectivity index is 2.14.